The van der Waals surface area contributed by atoms with Crippen LogP contribution in [0.3, 0.4) is 0 Å². The Kier molecular flexibility index (Phi) is 5.24. The van der Waals surface area contributed by atoms with Gasteiger partial charge in [0.25, 0.3) is 5.91 Å². The van der Waals surface area contributed by atoms with E-state index in [4.69, 9.17) is 5.73 Å². The summed E-state index contributed by atoms with van der Waals surface area (Å²) in [5.74, 6) is 0.0551. The predicted octanol–water partition coefficient (Wildman–Crippen LogP) is 1.87. The van der Waals surface area contributed by atoms with Crippen molar-refractivity contribution < 1.29 is 4.79 Å². The molecule has 2 rings (SSSR count). The van der Waals surface area contributed by atoms with Gasteiger partial charge in [-0.2, -0.15) is 0 Å². The number of hydrogen-bond donors (Lipinski definition) is 2. The highest BCUT2D eigenvalue weighted by Gasteiger charge is 2.08. The second-order valence-electron chi connectivity index (χ2n) is 4.35. The van der Waals surface area contributed by atoms with Gasteiger partial charge in [0, 0.05) is 17.6 Å². The molecule has 0 fully saturated rings. The summed E-state index contributed by atoms with van der Waals surface area (Å²) in [7, 11) is 0. The molecule has 1 heterocycles. The summed E-state index contributed by atoms with van der Waals surface area (Å²) < 4.78 is 1.05. The van der Waals surface area contributed by atoms with Gasteiger partial charge in [0.1, 0.15) is 0 Å². The Morgan fingerprint density at radius 2 is 1.95 bits per heavy atom. The number of carbonyl (C=O) groups excluding carboxylic acids is 1. The van der Waals surface area contributed by atoms with E-state index in [-0.39, 0.29) is 5.69 Å². The van der Waals surface area contributed by atoms with Crippen LogP contribution in [-0.4, -0.2) is 22.6 Å². The van der Waals surface area contributed by atoms with Crippen molar-refractivity contribution >= 4 is 27.7 Å². The molecule has 110 valence electrons. The average molecular weight is 350 g/mol. The average Bonchev–Trinajstić information content (AvgIpc) is 2.50. The maximum atomic E-state index is 11.0. The molecule has 1 aromatic heterocycles. The van der Waals surface area contributed by atoms with Crippen molar-refractivity contribution in [2.75, 3.05) is 11.6 Å². The summed E-state index contributed by atoms with van der Waals surface area (Å²) in [5, 5.41) is 9.66. The standard InChI is InChI=1S/C14H16BrN5O/c1-2-20(13-8-7-12(14(16)21)18-19-13)17-9-10-3-5-11(15)6-4-10/h3-8,17H,2,9H2,1H3,(H2,16,21). The second kappa shape index (κ2) is 7.14. The summed E-state index contributed by atoms with van der Waals surface area (Å²) in [4.78, 5) is 11.0. The molecule has 0 aliphatic rings. The maximum Gasteiger partial charge on any atom is 0.269 e. The van der Waals surface area contributed by atoms with Gasteiger partial charge in [-0.05, 0) is 36.8 Å². The number of aromatic nitrogens is 2. The highest BCUT2D eigenvalue weighted by Crippen LogP contribution is 2.11. The van der Waals surface area contributed by atoms with Gasteiger partial charge in [0.15, 0.2) is 11.5 Å². The number of nitrogens with zero attached hydrogens (tertiary/aromatic N) is 3. The van der Waals surface area contributed by atoms with Crippen LogP contribution >= 0.6 is 15.9 Å². The molecule has 0 aliphatic carbocycles. The molecule has 1 aromatic carbocycles. The van der Waals surface area contributed by atoms with Crippen molar-refractivity contribution in [1.29, 1.82) is 0 Å². The molecule has 0 bridgehead atoms. The Morgan fingerprint density at radius 1 is 1.24 bits per heavy atom. The first kappa shape index (κ1) is 15.4. The number of nitrogens with two attached hydrogens (primary N) is 1. The zero-order valence-corrected chi connectivity index (χ0v) is 13.2. The van der Waals surface area contributed by atoms with Crippen LogP contribution in [-0.2, 0) is 6.54 Å². The van der Waals surface area contributed by atoms with Crippen LogP contribution in [0.2, 0.25) is 0 Å². The summed E-state index contributed by atoms with van der Waals surface area (Å²) in [6, 6.07) is 11.3. The number of hydrazine groups is 1. The highest BCUT2D eigenvalue weighted by atomic mass is 79.9. The van der Waals surface area contributed by atoms with Crippen molar-refractivity contribution in [3.63, 3.8) is 0 Å². The topological polar surface area (TPSA) is 84.1 Å². The number of carbonyl (C=O) groups is 1. The highest BCUT2D eigenvalue weighted by molar-refractivity contribution is 9.10. The number of benzene rings is 1. The minimum absolute atomic E-state index is 0.155. The molecule has 0 aliphatic heterocycles. The number of nitrogens with one attached hydrogen (secondary N) is 1. The number of hydrogen-bond acceptors (Lipinski definition) is 5. The van der Waals surface area contributed by atoms with Crippen LogP contribution in [0.4, 0.5) is 5.82 Å². The van der Waals surface area contributed by atoms with Gasteiger partial charge in [-0.1, -0.05) is 28.1 Å². The van der Waals surface area contributed by atoms with E-state index < -0.39 is 5.91 Å². The molecule has 21 heavy (non-hydrogen) atoms. The third kappa shape index (κ3) is 4.24. The van der Waals surface area contributed by atoms with Gasteiger partial charge in [0.05, 0.1) is 0 Å². The van der Waals surface area contributed by atoms with Gasteiger partial charge in [-0.3, -0.25) is 9.80 Å². The fourth-order valence-corrected chi connectivity index (χ4v) is 2.01. The van der Waals surface area contributed by atoms with Crippen molar-refractivity contribution in [2.45, 2.75) is 13.5 Å². The van der Waals surface area contributed by atoms with Crippen LogP contribution in [0.25, 0.3) is 0 Å². The maximum absolute atomic E-state index is 11.0. The lowest BCUT2D eigenvalue weighted by molar-refractivity contribution is 0.0994. The minimum atomic E-state index is -0.583. The van der Waals surface area contributed by atoms with E-state index in [0.717, 1.165) is 10.0 Å². The van der Waals surface area contributed by atoms with Gasteiger partial charge < -0.3 is 5.73 Å². The lowest BCUT2D eigenvalue weighted by atomic mass is 10.2. The summed E-state index contributed by atoms with van der Waals surface area (Å²) in [5.41, 5.74) is 9.72. The zero-order chi connectivity index (χ0) is 15.2. The molecule has 0 saturated heterocycles. The summed E-state index contributed by atoms with van der Waals surface area (Å²) in [6.07, 6.45) is 0. The normalized spacial score (nSPS) is 10.4. The molecule has 1 amide bonds. The van der Waals surface area contributed by atoms with Crippen molar-refractivity contribution in [3.05, 3.63) is 52.1 Å². The number of rotatable bonds is 6. The van der Waals surface area contributed by atoms with Crippen molar-refractivity contribution in [2.24, 2.45) is 5.73 Å². The minimum Gasteiger partial charge on any atom is -0.364 e. The van der Waals surface area contributed by atoms with E-state index in [1.807, 2.05) is 36.2 Å². The first-order chi connectivity index (χ1) is 10.1. The van der Waals surface area contributed by atoms with E-state index in [9.17, 15) is 4.79 Å². The molecule has 0 saturated carbocycles. The molecule has 0 radical (unpaired) electrons. The molecule has 0 atom stereocenters. The van der Waals surface area contributed by atoms with E-state index in [2.05, 4.69) is 31.6 Å². The Labute approximate surface area is 131 Å². The Hall–Kier alpha value is -1.99. The Balaban J connectivity index is 2.02. The monoisotopic (exact) mass is 349 g/mol. The van der Waals surface area contributed by atoms with Gasteiger partial charge in [0.2, 0.25) is 0 Å². The molecular weight excluding hydrogens is 334 g/mol. The quantitative estimate of drug-likeness (QED) is 0.777. The smallest absolute Gasteiger partial charge is 0.269 e. The SMILES string of the molecule is CCN(NCc1ccc(Br)cc1)c1ccc(C(N)=O)nn1. The first-order valence-electron chi connectivity index (χ1n) is 6.49. The predicted molar refractivity (Wildman–Crippen MR) is 84.6 cm³/mol. The lowest BCUT2D eigenvalue weighted by Crippen LogP contribution is -2.38. The number of amides is 1. The molecule has 2 aromatic rings. The van der Waals surface area contributed by atoms with Crippen LogP contribution in [0.5, 0.6) is 0 Å². The van der Waals surface area contributed by atoms with E-state index in [1.165, 1.54) is 0 Å². The Bertz CT molecular complexity index is 600. The molecule has 7 heteroatoms. The molecule has 0 unspecified atom stereocenters. The Morgan fingerprint density at radius 3 is 2.48 bits per heavy atom. The van der Waals surface area contributed by atoms with E-state index >= 15 is 0 Å². The summed E-state index contributed by atoms with van der Waals surface area (Å²) in [6.45, 7) is 3.37. The van der Waals surface area contributed by atoms with E-state index in [1.54, 1.807) is 12.1 Å². The lowest BCUT2D eigenvalue weighted by Gasteiger charge is -2.22. The van der Waals surface area contributed by atoms with Crippen LogP contribution in [0.15, 0.2) is 40.9 Å². The van der Waals surface area contributed by atoms with Gasteiger partial charge >= 0.3 is 0 Å². The first-order valence-corrected chi connectivity index (χ1v) is 7.28. The van der Waals surface area contributed by atoms with Crippen LogP contribution < -0.4 is 16.2 Å². The fourth-order valence-electron chi connectivity index (χ4n) is 1.74. The molecule has 0 spiro atoms. The van der Waals surface area contributed by atoms with E-state index in [0.29, 0.717) is 18.9 Å². The van der Waals surface area contributed by atoms with Crippen molar-refractivity contribution in [1.82, 2.24) is 15.6 Å². The number of anilines is 1. The largest absolute Gasteiger partial charge is 0.364 e. The van der Waals surface area contributed by atoms with Crippen molar-refractivity contribution in [3.8, 4) is 0 Å². The van der Waals surface area contributed by atoms with Gasteiger partial charge in [-0.25, -0.2) is 5.43 Å². The number of halogens is 1. The van der Waals surface area contributed by atoms with Crippen LogP contribution in [0, 0.1) is 0 Å². The summed E-state index contributed by atoms with van der Waals surface area (Å²) >= 11 is 3.41. The van der Waals surface area contributed by atoms with Crippen LogP contribution in [0.1, 0.15) is 23.0 Å². The second-order valence-corrected chi connectivity index (χ2v) is 5.26. The third-order valence-electron chi connectivity index (χ3n) is 2.88. The number of primary amides is 1. The van der Waals surface area contributed by atoms with Gasteiger partial charge in [-0.15, -0.1) is 10.2 Å². The molecule has 3 N–H and O–H groups in total. The fraction of sp³-hybridized carbons (Fsp3) is 0.214. The zero-order valence-electron chi connectivity index (χ0n) is 11.6. The molecular formula is C14H16BrN5O. The third-order valence-corrected chi connectivity index (χ3v) is 3.41. The molecule has 6 nitrogen and oxygen atoms in total.